The molecule has 0 radical (unpaired) electrons. The maximum absolute atomic E-state index is 12.2. The molecule has 0 spiro atoms. The van der Waals surface area contributed by atoms with Crippen LogP contribution in [0.15, 0.2) is 0 Å². The quantitative estimate of drug-likeness (QED) is 0.329. The number of nitrogens with zero attached hydrogens (tertiary/aromatic N) is 2. The van der Waals surface area contributed by atoms with Gasteiger partial charge < -0.3 is 18.9 Å². The summed E-state index contributed by atoms with van der Waals surface area (Å²) in [7, 11) is 0. The minimum Gasteiger partial charge on any atom is -0.458 e. The Morgan fingerprint density at radius 1 is 0.610 bits per heavy atom. The first kappa shape index (κ1) is 35.8. The molecular weight excluding hydrogens is 536 g/mol. The molecular formula is C29H48N2O10. The number of amides is 4. The summed E-state index contributed by atoms with van der Waals surface area (Å²) in [5.41, 5.74) is -2.80. The number of rotatable bonds is 2. The monoisotopic (exact) mass is 584 g/mol. The van der Waals surface area contributed by atoms with Crippen molar-refractivity contribution in [2.75, 3.05) is 0 Å². The van der Waals surface area contributed by atoms with Gasteiger partial charge in [-0.3, -0.25) is 9.59 Å². The van der Waals surface area contributed by atoms with Gasteiger partial charge in [-0.1, -0.05) is 6.92 Å². The lowest BCUT2D eigenvalue weighted by molar-refractivity contribution is -0.162. The van der Waals surface area contributed by atoms with Gasteiger partial charge in [0.25, 0.3) is 0 Å². The fourth-order valence-corrected chi connectivity index (χ4v) is 3.85. The number of likely N-dealkylation sites (tertiary alicyclic amines) is 2. The van der Waals surface area contributed by atoms with Crippen LogP contribution in [0.5, 0.6) is 0 Å². The van der Waals surface area contributed by atoms with Crippen LogP contribution in [0.4, 0.5) is 9.59 Å². The van der Waals surface area contributed by atoms with Crippen molar-refractivity contribution in [3.8, 4) is 0 Å². The fourth-order valence-electron chi connectivity index (χ4n) is 3.85. The molecule has 0 bridgehead atoms. The van der Waals surface area contributed by atoms with E-state index < -0.39 is 76.3 Å². The molecule has 4 amide bonds. The average Bonchev–Trinajstić information content (AvgIpc) is 3.23. The molecule has 0 aromatic carbocycles. The van der Waals surface area contributed by atoms with Gasteiger partial charge in [0.2, 0.25) is 11.8 Å². The molecule has 2 saturated heterocycles. The third-order valence-electron chi connectivity index (χ3n) is 5.30. The van der Waals surface area contributed by atoms with Gasteiger partial charge in [0, 0.05) is 12.3 Å². The summed E-state index contributed by atoms with van der Waals surface area (Å²) in [6, 6.07) is -1.81. The van der Waals surface area contributed by atoms with Crippen LogP contribution < -0.4 is 0 Å². The Labute approximate surface area is 243 Å². The maximum Gasteiger partial charge on any atom is 0.417 e. The Morgan fingerprint density at radius 2 is 0.976 bits per heavy atom. The Hall–Kier alpha value is -3.18. The molecule has 1 unspecified atom stereocenters. The molecule has 12 heteroatoms. The van der Waals surface area contributed by atoms with Gasteiger partial charge in [-0.05, 0) is 95.9 Å². The predicted octanol–water partition coefficient (Wildman–Crippen LogP) is 4.75. The maximum atomic E-state index is 12.2. The minimum atomic E-state index is -0.915. The van der Waals surface area contributed by atoms with Gasteiger partial charge in [-0.2, -0.15) is 0 Å². The summed E-state index contributed by atoms with van der Waals surface area (Å²) in [5.74, 6) is -2.37. The van der Waals surface area contributed by atoms with Gasteiger partial charge >= 0.3 is 24.1 Å². The van der Waals surface area contributed by atoms with E-state index in [-0.39, 0.29) is 19.3 Å². The molecule has 41 heavy (non-hydrogen) atoms. The van der Waals surface area contributed by atoms with Crippen LogP contribution >= 0.6 is 0 Å². The largest absolute Gasteiger partial charge is 0.458 e. The average molecular weight is 585 g/mol. The van der Waals surface area contributed by atoms with Gasteiger partial charge in [0.15, 0.2) is 0 Å². The molecule has 2 aliphatic rings. The second kappa shape index (κ2) is 12.8. The molecule has 2 rings (SSSR count). The molecule has 2 heterocycles. The lowest BCUT2D eigenvalue weighted by atomic mass is 10.1. The SMILES string of the molecule is CC(C)(C)OC(=O)[C@@H]1CCC(=O)N1C(=O)OC(C)(C)C.CC1C[C@@H](C(=O)OC(C)(C)C)N(C(=O)OC(C)(C)C)C1=O. The Morgan fingerprint density at radius 3 is 1.37 bits per heavy atom. The fraction of sp³-hybridized carbons (Fsp3) is 0.793. The summed E-state index contributed by atoms with van der Waals surface area (Å²) in [6.45, 7) is 22.3. The van der Waals surface area contributed by atoms with Crippen LogP contribution in [0.1, 0.15) is 109 Å². The molecule has 0 saturated carbocycles. The van der Waals surface area contributed by atoms with E-state index in [0.717, 1.165) is 9.80 Å². The number of carbonyl (C=O) groups excluding carboxylic acids is 6. The summed E-state index contributed by atoms with van der Waals surface area (Å²) in [4.78, 5) is 74.2. The van der Waals surface area contributed by atoms with Gasteiger partial charge in [-0.15, -0.1) is 0 Å². The number of hydrogen-bond donors (Lipinski definition) is 0. The topological polar surface area (TPSA) is 146 Å². The first-order valence-electron chi connectivity index (χ1n) is 13.8. The number of carbonyl (C=O) groups is 6. The van der Waals surface area contributed by atoms with Crippen molar-refractivity contribution >= 4 is 35.9 Å². The van der Waals surface area contributed by atoms with Crippen LogP contribution in [0.3, 0.4) is 0 Å². The van der Waals surface area contributed by atoms with E-state index in [0.29, 0.717) is 0 Å². The summed E-state index contributed by atoms with van der Waals surface area (Å²) < 4.78 is 20.9. The van der Waals surface area contributed by atoms with Crippen LogP contribution in [-0.4, -0.2) is 80.2 Å². The highest BCUT2D eigenvalue weighted by Gasteiger charge is 2.48. The Kier molecular flexibility index (Phi) is 11.2. The lowest BCUT2D eigenvalue weighted by Crippen LogP contribution is -2.47. The number of hydrogen-bond acceptors (Lipinski definition) is 10. The van der Waals surface area contributed by atoms with Crippen molar-refractivity contribution in [1.82, 2.24) is 9.80 Å². The standard InChI is InChI=1S/C15H25NO5.C14H23NO5/c1-9-8-10(12(18)20-14(2,3)4)16(11(9)17)13(19)21-15(5,6)7;1-13(2,3)19-11(17)9-7-8-10(16)15(9)12(18)20-14(4,5)6/h9-10H,8H2,1-7H3;9H,7-8H2,1-6H3/t9?,10-;9-/m00/s1. The van der Waals surface area contributed by atoms with Crippen molar-refractivity contribution in [2.45, 2.75) is 144 Å². The first-order valence-corrected chi connectivity index (χ1v) is 13.8. The third kappa shape index (κ3) is 11.7. The van der Waals surface area contributed by atoms with Gasteiger partial charge in [0.1, 0.15) is 34.5 Å². The van der Waals surface area contributed by atoms with Crippen LogP contribution in [0, 0.1) is 5.92 Å². The number of ether oxygens (including phenoxy) is 4. The van der Waals surface area contributed by atoms with E-state index in [1.165, 1.54) is 0 Å². The zero-order chi connectivity index (χ0) is 32.3. The van der Waals surface area contributed by atoms with E-state index in [1.807, 2.05) is 0 Å². The molecule has 12 nitrogen and oxygen atoms in total. The molecule has 234 valence electrons. The Bertz CT molecular complexity index is 1020. The molecule has 3 atom stereocenters. The lowest BCUT2D eigenvalue weighted by Gasteiger charge is -2.28. The number of imide groups is 2. The van der Waals surface area contributed by atoms with Crippen LogP contribution in [0.2, 0.25) is 0 Å². The van der Waals surface area contributed by atoms with Crippen molar-refractivity contribution in [3.63, 3.8) is 0 Å². The molecule has 0 aromatic heterocycles. The van der Waals surface area contributed by atoms with Crippen molar-refractivity contribution in [3.05, 3.63) is 0 Å². The molecule has 2 aliphatic heterocycles. The molecule has 2 fully saturated rings. The van der Waals surface area contributed by atoms with Gasteiger partial charge in [0.05, 0.1) is 0 Å². The number of esters is 2. The zero-order valence-electron chi connectivity index (χ0n) is 26.8. The predicted molar refractivity (Wildman–Crippen MR) is 148 cm³/mol. The zero-order valence-corrected chi connectivity index (χ0v) is 26.8. The van der Waals surface area contributed by atoms with Crippen molar-refractivity contribution in [1.29, 1.82) is 0 Å². The van der Waals surface area contributed by atoms with E-state index >= 15 is 0 Å². The van der Waals surface area contributed by atoms with Crippen molar-refractivity contribution in [2.24, 2.45) is 5.92 Å². The second-order valence-electron chi connectivity index (χ2n) is 14.2. The van der Waals surface area contributed by atoms with Crippen molar-refractivity contribution < 1.29 is 47.7 Å². The highest BCUT2D eigenvalue weighted by atomic mass is 16.6. The normalized spacial score (nSPS) is 21.6. The molecule has 0 aromatic rings. The first-order chi connectivity index (χ1) is 18.2. The molecule has 0 aliphatic carbocycles. The van der Waals surface area contributed by atoms with Crippen LogP contribution in [-0.2, 0) is 38.1 Å². The summed E-state index contributed by atoms with van der Waals surface area (Å²) in [5, 5.41) is 0. The van der Waals surface area contributed by atoms with Crippen LogP contribution in [0.25, 0.3) is 0 Å². The highest BCUT2D eigenvalue weighted by Crippen LogP contribution is 2.29. The summed E-state index contributed by atoms with van der Waals surface area (Å²) in [6.07, 6.45) is -0.924. The smallest absolute Gasteiger partial charge is 0.417 e. The summed E-state index contributed by atoms with van der Waals surface area (Å²) >= 11 is 0. The van der Waals surface area contributed by atoms with E-state index in [1.54, 1.807) is 90.0 Å². The minimum absolute atomic E-state index is 0.142. The highest BCUT2D eigenvalue weighted by molar-refractivity contribution is 6.01. The van der Waals surface area contributed by atoms with E-state index in [2.05, 4.69) is 0 Å². The third-order valence-corrected chi connectivity index (χ3v) is 5.30. The van der Waals surface area contributed by atoms with E-state index in [9.17, 15) is 28.8 Å². The Balaban J connectivity index is 0.000000410. The second-order valence-corrected chi connectivity index (χ2v) is 14.2. The molecule has 0 N–H and O–H groups in total. The van der Waals surface area contributed by atoms with E-state index in [4.69, 9.17) is 18.9 Å². The van der Waals surface area contributed by atoms with Gasteiger partial charge in [-0.25, -0.2) is 29.0 Å².